The molecule has 0 spiro atoms. The van der Waals surface area contributed by atoms with Gasteiger partial charge in [0.15, 0.2) is 5.82 Å². The van der Waals surface area contributed by atoms with Gasteiger partial charge in [0.25, 0.3) is 5.91 Å². The molecule has 1 saturated carbocycles. The van der Waals surface area contributed by atoms with Gasteiger partial charge in [-0.25, -0.2) is 9.37 Å². The number of carbonyl (C=O) groups is 1. The third kappa shape index (κ3) is 2.89. The van der Waals surface area contributed by atoms with E-state index >= 15 is 0 Å². The lowest BCUT2D eigenvalue weighted by Crippen LogP contribution is -2.13. The van der Waals surface area contributed by atoms with Crippen LogP contribution >= 0.6 is 0 Å². The molecule has 1 aromatic carbocycles. The number of fused-ring (bicyclic) bond motifs is 1. The van der Waals surface area contributed by atoms with E-state index in [1.807, 2.05) is 25.1 Å². The number of anilines is 2. The number of aryl methyl sites for hydroxylation is 1. The number of rotatable bonds is 4. The van der Waals surface area contributed by atoms with Crippen LogP contribution in [0, 0.1) is 12.7 Å². The quantitative estimate of drug-likeness (QED) is 0.724. The molecule has 6 nitrogen and oxygen atoms in total. The van der Waals surface area contributed by atoms with E-state index in [0.717, 1.165) is 22.4 Å². The first-order chi connectivity index (χ1) is 13.6. The summed E-state index contributed by atoms with van der Waals surface area (Å²) in [6, 6.07) is 8.86. The molecule has 2 aliphatic rings. The fourth-order valence-electron chi connectivity index (χ4n) is 3.60. The van der Waals surface area contributed by atoms with Crippen molar-refractivity contribution in [1.82, 2.24) is 20.5 Å². The number of hydrogen-bond acceptors (Lipinski definition) is 5. The smallest absolute Gasteiger partial charge is 0.254 e. The van der Waals surface area contributed by atoms with Crippen LogP contribution in [0.4, 0.5) is 16.0 Å². The standard InChI is InChI=1S/C21H18FN5O/c1-11-8-19(25-18-7-6-17(26-27-18)12-2-3-12)23-9-14(11)13-4-5-16(22)20-15(13)10-24-21(20)28/h4-9,12H,2-3,10H2,1H3,(H,24,28)(H,23,25,27). The van der Waals surface area contributed by atoms with E-state index in [-0.39, 0.29) is 11.5 Å². The Labute approximate surface area is 161 Å². The van der Waals surface area contributed by atoms with Gasteiger partial charge in [0.2, 0.25) is 0 Å². The van der Waals surface area contributed by atoms with Crippen molar-refractivity contribution in [2.24, 2.45) is 0 Å². The highest BCUT2D eigenvalue weighted by Crippen LogP contribution is 2.38. The predicted molar refractivity (Wildman–Crippen MR) is 103 cm³/mol. The number of nitrogens with one attached hydrogen (secondary N) is 2. The van der Waals surface area contributed by atoms with Gasteiger partial charge in [-0.2, -0.15) is 5.10 Å². The van der Waals surface area contributed by atoms with Crippen molar-refractivity contribution in [3.63, 3.8) is 0 Å². The Balaban J connectivity index is 1.43. The third-order valence-electron chi connectivity index (χ3n) is 5.25. The van der Waals surface area contributed by atoms with Gasteiger partial charge in [-0.15, -0.1) is 5.10 Å². The molecule has 3 aromatic rings. The first-order valence-corrected chi connectivity index (χ1v) is 9.27. The maximum Gasteiger partial charge on any atom is 0.254 e. The first kappa shape index (κ1) is 16.8. The predicted octanol–water partition coefficient (Wildman–Crippen LogP) is 3.85. The lowest BCUT2D eigenvalue weighted by atomic mass is 9.95. The molecule has 1 fully saturated rings. The highest BCUT2D eigenvalue weighted by atomic mass is 19.1. The van der Waals surface area contributed by atoms with Crippen LogP contribution in [0.2, 0.25) is 0 Å². The number of amides is 1. The van der Waals surface area contributed by atoms with E-state index in [4.69, 9.17) is 0 Å². The van der Waals surface area contributed by atoms with Crippen LogP contribution in [-0.2, 0) is 6.54 Å². The monoisotopic (exact) mass is 375 g/mol. The second kappa shape index (κ2) is 6.37. The van der Waals surface area contributed by atoms with E-state index in [1.165, 1.54) is 18.9 Å². The van der Waals surface area contributed by atoms with E-state index in [1.54, 1.807) is 12.3 Å². The van der Waals surface area contributed by atoms with Gasteiger partial charge in [0.1, 0.15) is 11.6 Å². The summed E-state index contributed by atoms with van der Waals surface area (Å²) in [7, 11) is 0. The summed E-state index contributed by atoms with van der Waals surface area (Å²) < 4.78 is 14.0. The minimum absolute atomic E-state index is 0.130. The second-order valence-corrected chi connectivity index (χ2v) is 7.26. The molecule has 0 atom stereocenters. The molecule has 5 rings (SSSR count). The normalized spacial score (nSPS) is 15.3. The van der Waals surface area contributed by atoms with Crippen molar-refractivity contribution in [3.8, 4) is 11.1 Å². The summed E-state index contributed by atoms with van der Waals surface area (Å²) >= 11 is 0. The molecular weight excluding hydrogens is 357 g/mol. The van der Waals surface area contributed by atoms with Crippen molar-refractivity contribution in [2.45, 2.75) is 32.2 Å². The molecule has 0 bridgehead atoms. The zero-order valence-electron chi connectivity index (χ0n) is 15.3. The number of halogens is 1. The number of nitrogens with zero attached hydrogens (tertiary/aromatic N) is 3. The van der Waals surface area contributed by atoms with Crippen LogP contribution in [0.5, 0.6) is 0 Å². The van der Waals surface area contributed by atoms with Crippen LogP contribution in [0.1, 0.15) is 45.9 Å². The lowest BCUT2D eigenvalue weighted by Gasteiger charge is -2.12. The molecule has 2 N–H and O–H groups in total. The van der Waals surface area contributed by atoms with Crippen LogP contribution in [0.15, 0.2) is 36.5 Å². The van der Waals surface area contributed by atoms with E-state index in [0.29, 0.717) is 29.7 Å². The van der Waals surface area contributed by atoms with Gasteiger partial charge in [0.05, 0.1) is 11.3 Å². The Morgan fingerprint density at radius 1 is 1.11 bits per heavy atom. The van der Waals surface area contributed by atoms with Gasteiger partial charge < -0.3 is 10.6 Å². The lowest BCUT2D eigenvalue weighted by molar-refractivity contribution is 0.0962. The number of carbonyl (C=O) groups excluding carboxylic acids is 1. The number of hydrogen-bond donors (Lipinski definition) is 2. The Morgan fingerprint density at radius 2 is 1.96 bits per heavy atom. The molecule has 1 aliphatic heterocycles. The Kier molecular flexibility index (Phi) is 3.82. The highest BCUT2D eigenvalue weighted by Gasteiger charge is 2.27. The average molecular weight is 375 g/mol. The van der Waals surface area contributed by atoms with Gasteiger partial charge in [0, 0.05) is 24.2 Å². The first-order valence-electron chi connectivity index (χ1n) is 9.27. The summed E-state index contributed by atoms with van der Waals surface area (Å²) in [4.78, 5) is 16.4. The van der Waals surface area contributed by atoms with Crippen molar-refractivity contribution in [1.29, 1.82) is 0 Å². The molecule has 3 heterocycles. The van der Waals surface area contributed by atoms with Gasteiger partial charge in [-0.1, -0.05) is 6.07 Å². The molecular formula is C21H18FN5O. The zero-order chi connectivity index (χ0) is 19.3. The van der Waals surface area contributed by atoms with Gasteiger partial charge in [-0.05, 0) is 60.7 Å². The minimum atomic E-state index is -0.495. The fraction of sp³-hybridized carbons (Fsp3) is 0.238. The maximum atomic E-state index is 14.0. The maximum absolute atomic E-state index is 14.0. The van der Waals surface area contributed by atoms with Crippen LogP contribution in [0.25, 0.3) is 11.1 Å². The second-order valence-electron chi connectivity index (χ2n) is 7.26. The molecule has 1 amide bonds. The number of benzene rings is 1. The third-order valence-corrected chi connectivity index (χ3v) is 5.25. The van der Waals surface area contributed by atoms with Crippen molar-refractivity contribution in [2.75, 3.05) is 5.32 Å². The number of pyridine rings is 1. The minimum Gasteiger partial charge on any atom is -0.348 e. The largest absolute Gasteiger partial charge is 0.348 e. The molecule has 0 unspecified atom stereocenters. The molecule has 7 heteroatoms. The summed E-state index contributed by atoms with van der Waals surface area (Å²) in [6.07, 6.45) is 4.12. The molecule has 2 aromatic heterocycles. The molecule has 140 valence electrons. The van der Waals surface area contributed by atoms with E-state index in [2.05, 4.69) is 25.8 Å². The topological polar surface area (TPSA) is 79.8 Å². The fourth-order valence-corrected chi connectivity index (χ4v) is 3.60. The number of aromatic nitrogens is 3. The van der Waals surface area contributed by atoms with Crippen LogP contribution in [-0.4, -0.2) is 21.1 Å². The van der Waals surface area contributed by atoms with Crippen molar-refractivity contribution in [3.05, 3.63) is 64.7 Å². The van der Waals surface area contributed by atoms with E-state index < -0.39 is 5.82 Å². The Bertz CT molecular complexity index is 1090. The highest BCUT2D eigenvalue weighted by molar-refractivity contribution is 6.01. The van der Waals surface area contributed by atoms with Gasteiger partial charge >= 0.3 is 0 Å². The summed E-state index contributed by atoms with van der Waals surface area (Å²) in [5, 5.41) is 14.3. The van der Waals surface area contributed by atoms with Crippen molar-refractivity contribution < 1.29 is 9.18 Å². The molecule has 0 saturated heterocycles. The Morgan fingerprint density at radius 3 is 2.68 bits per heavy atom. The average Bonchev–Trinajstić information content (AvgIpc) is 3.46. The van der Waals surface area contributed by atoms with Gasteiger partial charge in [-0.3, -0.25) is 4.79 Å². The zero-order valence-corrected chi connectivity index (χ0v) is 15.3. The summed E-state index contributed by atoms with van der Waals surface area (Å²) in [5.74, 6) is 1.00. The summed E-state index contributed by atoms with van der Waals surface area (Å²) in [5.41, 5.74) is 4.50. The van der Waals surface area contributed by atoms with Crippen LogP contribution < -0.4 is 10.6 Å². The molecule has 1 aliphatic carbocycles. The Hall–Kier alpha value is -3.35. The summed E-state index contributed by atoms with van der Waals surface area (Å²) in [6.45, 7) is 2.29. The molecule has 28 heavy (non-hydrogen) atoms. The van der Waals surface area contributed by atoms with Crippen molar-refractivity contribution >= 4 is 17.5 Å². The van der Waals surface area contributed by atoms with Crippen LogP contribution in [0.3, 0.4) is 0 Å². The SMILES string of the molecule is Cc1cc(Nc2ccc(C3CC3)nn2)ncc1-c1ccc(F)c2c1CNC2=O. The molecule has 0 radical (unpaired) electrons. The van der Waals surface area contributed by atoms with E-state index in [9.17, 15) is 9.18 Å².